The number of rotatable bonds is 7. The summed E-state index contributed by atoms with van der Waals surface area (Å²) in [6, 6.07) is 28.6. The number of nitrogens with one attached hydrogen (secondary N) is 2. The molecule has 0 aliphatic carbocycles. The fraction of sp³-hybridized carbons (Fsp3) is 0.167. The topological polar surface area (TPSA) is 96.9 Å². The molecule has 0 aliphatic heterocycles. The molecule has 5 rings (SSSR count). The number of anilines is 1. The van der Waals surface area contributed by atoms with Gasteiger partial charge in [-0.2, -0.15) is 0 Å². The van der Waals surface area contributed by atoms with Gasteiger partial charge in [-0.15, -0.1) is 0 Å². The van der Waals surface area contributed by atoms with Crippen LogP contribution in [-0.2, 0) is 16.6 Å². The van der Waals surface area contributed by atoms with Crippen LogP contribution < -0.4 is 10.0 Å². The van der Waals surface area contributed by atoms with Crippen molar-refractivity contribution in [3.05, 3.63) is 103 Å². The third-order valence-corrected chi connectivity index (χ3v) is 7.57. The van der Waals surface area contributed by atoms with Crippen molar-refractivity contribution in [1.29, 1.82) is 0 Å². The molecule has 0 atom stereocenters. The van der Waals surface area contributed by atoms with Gasteiger partial charge in [0.1, 0.15) is 5.82 Å². The fourth-order valence-electron chi connectivity index (χ4n) is 4.24. The van der Waals surface area contributed by atoms with Crippen molar-refractivity contribution in [3.8, 4) is 22.5 Å². The van der Waals surface area contributed by atoms with E-state index in [0.29, 0.717) is 23.8 Å². The van der Waals surface area contributed by atoms with Gasteiger partial charge >= 0.3 is 0 Å². The highest BCUT2D eigenvalue weighted by Crippen LogP contribution is 2.34. The van der Waals surface area contributed by atoms with Crippen molar-refractivity contribution in [2.75, 3.05) is 5.32 Å². The maximum absolute atomic E-state index is 13.0. The first-order valence-corrected chi connectivity index (χ1v) is 13.8. The normalized spacial score (nSPS) is 12.0. The Morgan fingerprint density at radius 1 is 0.789 bits per heavy atom. The van der Waals surface area contributed by atoms with Crippen LogP contribution in [0.25, 0.3) is 33.4 Å². The molecule has 0 amide bonds. The molecule has 2 N–H and O–H groups in total. The van der Waals surface area contributed by atoms with Gasteiger partial charge in [-0.3, -0.25) is 4.98 Å². The molecule has 2 heterocycles. The van der Waals surface area contributed by atoms with Crippen molar-refractivity contribution in [2.24, 2.45) is 0 Å². The average molecular weight is 524 g/mol. The first kappa shape index (κ1) is 25.5. The summed E-state index contributed by atoms with van der Waals surface area (Å²) in [6.07, 6.45) is 1.76. The van der Waals surface area contributed by atoms with Crippen molar-refractivity contribution in [1.82, 2.24) is 19.7 Å². The number of fused-ring (bicyclic) bond motifs is 1. The summed E-state index contributed by atoms with van der Waals surface area (Å²) in [5.74, 6) is 1.08. The van der Waals surface area contributed by atoms with E-state index in [1.165, 1.54) is 0 Å². The first-order valence-electron chi connectivity index (χ1n) is 12.3. The largest absolute Gasteiger partial charge is 0.364 e. The second-order valence-electron chi connectivity index (χ2n) is 10.0. The Morgan fingerprint density at radius 3 is 2.26 bits per heavy atom. The van der Waals surface area contributed by atoms with Crippen LogP contribution in [-0.4, -0.2) is 28.9 Å². The van der Waals surface area contributed by atoms with Gasteiger partial charge in [0.05, 0.1) is 28.0 Å². The summed E-state index contributed by atoms with van der Waals surface area (Å²) in [5, 5.41) is 4.34. The lowest BCUT2D eigenvalue weighted by Crippen LogP contribution is -2.40. The quantitative estimate of drug-likeness (QED) is 0.270. The number of sulfonamides is 1. The predicted octanol–water partition coefficient (Wildman–Crippen LogP) is 6.05. The molecule has 0 saturated heterocycles. The molecule has 5 aromatic rings. The number of hydrogen-bond acceptors (Lipinski definition) is 6. The van der Waals surface area contributed by atoms with Gasteiger partial charge in [-0.1, -0.05) is 60.7 Å². The van der Waals surface area contributed by atoms with E-state index in [-0.39, 0.29) is 4.90 Å². The van der Waals surface area contributed by atoms with Crippen LogP contribution in [0.15, 0.2) is 102 Å². The molecule has 0 spiro atoms. The molecular formula is C30H29N5O2S. The molecule has 0 aliphatic rings. The van der Waals surface area contributed by atoms with Crippen LogP contribution >= 0.6 is 0 Å². The molecule has 0 fully saturated rings. The second kappa shape index (κ2) is 10.3. The van der Waals surface area contributed by atoms with E-state index < -0.39 is 15.6 Å². The lowest BCUT2D eigenvalue weighted by atomic mass is 10.0. The van der Waals surface area contributed by atoms with Gasteiger partial charge in [0.15, 0.2) is 5.82 Å². The number of nitrogens with zero attached hydrogens (tertiary/aromatic N) is 3. The van der Waals surface area contributed by atoms with Crippen molar-refractivity contribution < 1.29 is 8.42 Å². The second-order valence-corrected chi connectivity index (χ2v) is 11.7. The van der Waals surface area contributed by atoms with E-state index in [0.717, 1.165) is 27.7 Å². The summed E-state index contributed by atoms with van der Waals surface area (Å²) < 4.78 is 28.7. The summed E-state index contributed by atoms with van der Waals surface area (Å²) in [5.41, 5.74) is 3.68. The Hall–Kier alpha value is -4.14. The van der Waals surface area contributed by atoms with Crippen molar-refractivity contribution >= 4 is 26.7 Å². The number of hydrogen-bond donors (Lipinski definition) is 2. The van der Waals surface area contributed by atoms with Crippen molar-refractivity contribution in [2.45, 2.75) is 37.8 Å². The first-order chi connectivity index (χ1) is 18.2. The summed E-state index contributed by atoms with van der Waals surface area (Å²) in [4.78, 5) is 14.4. The van der Waals surface area contributed by atoms with Crippen LogP contribution in [0.5, 0.6) is 0 Å². The number of benzene rings is 3. The monoisotopic (exact) mass is 523 g/mol. The number of aromatic nitrogens is 3. The van der Waals surface area contributed by atoms with Crippen molar-refractivity contribution in [3.63, 3.8) is 0 Å². The minimum absolute atomic E-state index is 0.162. The molecule has 3 aromatic carbocycles. The van der Waals surface area contributed by atoms with Crippen LogP contribution in [0, 0.1) is 0 Å². The van der Waals surface area contributed by atoms with Gasteiger partial charge in [0.25, 0.3) is 0 Å². The molecule has 7 nitrogen and oxygen atoms in total. The summed E-state index contributed by atoms with van der Waals surface area (Å²) >= 11 is 0. The third kappa shape index (κ3) is 5.72. The van der Waals surface area contributed by atoms with Gasteiger partial charge in [-0.05, 0) is 62.2 Å². The van der Waals surface area contributed by atoms with Gasteiger partial charge in [0, 0.05) is 17.3 Å². The molecule has 2 aromatic heterocycles. The van der Waals surface area contributed by atoms with Gasteiger partial charge in [-0.25, -0.2) is 23.1 Å². The highest BCUT2D eigenvalue weighted by atomic mass is 32.2. The zero-order chi connectivity index (χ0) is 26.8. The van der Waals surface area contributed by atoms with E-state index in [9.17, 15) is 8.42 Å². The third-order valence-electron chi connectivity index (χ3n) is 5.81. The van der Waals surface area contributed by atoms with E-state index in [4.69, 9.17) is 9.97 Å². The van der Waals surface area contributed by atoms with E-state index in [1.54, 1.807) is 24.4 Å². The van der Waals surface area contributed by atoms with E-state index >= 15 is 0 Å². The Kier molecular flexibility index (Phi) is 6.93. The molecule has 0 radical (unpaired) electrons. The minimum atomic E-state index is -3.72. The molecular weight excluding hydrogens is 494 g/mol. The Labute approximate surface area is 223 Å². The average Bonchev–Trinajstić information content (AvgIpc) is 2.91. The maximum atomic E-state index is 13.0. The molecule has 0 saturated carbocycles. The Morgan fingerprint density at radius 2 is 1.53 bits per heavy atom. The zero-order valence-corrected chi connectivity index (χ0v) is 22.3. The lowest BCUT2D eigenvalue weighted by molar-refractivity contribution is 0.491. The zero-order valence-electron chi connectivity index (χ0n) is 21.5. The maximum Gasteiger partial charge on any atom is 0.241 e. The fourth-order valence-corrected chi connectivity index (χ4v) is 5.70. The standard InChI is InChI=1S/C30H29N5O2S/c1-30(2,3)35-38(36,37)24-15-9-13-22(19-24)28-33-26-17-10-16-25(21-11-5-4-6-12-21)27(26)29(34-28)32-20-23-14-7-8-18-31-23/h4-19,35H,20H2,1-3H3,(H,32,33,34). The van der Waals surface area contributed by atoms with Crippen LogP contribution in [0.4, 0.5) is 5.82 Å². The van der Waals surface area contributed by atoms with E-state index in [1.807, 2.05) is 75.4 Å². The summed E-state index contributed by atoms with van der Waals surface area (Å²) in [7, 11) is -3.72. The molecule has 0 bridgehead atoms. The van der Waals surface area contributed by atoms with Gasteiger partial charge in [0.2, 0.25) is 10.0 Å². The number of pyridine rings is 1. The Bertz CT molecular complexity index is 1680. The van der Waals surface area contributed by atoms with Crippen LogP contribution in [0.1, 0.15) is 26.5 Å². The molecule has 8 heteroatoms. The smallest absolute Gasteiger partial charge is 0.241 e. The molecule has 38 heavy (non-hydrogen) atoms. The summed E-state index contributed by atoms with van der Waals surface area (Å²) in [6.45, 7) is 5.90. The highest BCUT2D eigenvalue weighted by molar-refractivity contribution is 7.89. The van der Waals surface area contributed by atoms with Gasteiger partial charge < -0.3 is 5.32 Å². The predicted molar refractivity (Wildman–Crippen MR) is 152 cm³/mol. The van der Waals surface area contributed by atoms with Crippen LogP contribution in [0.2, 0.25) is 0 Å². The minimum Gasteiger partial charge on any atom is -0.364 e. The lowest BCUT2D eigenvalue weighted by Gasteiger charge is -2.20. The SMILES string of the molecule is CC(C)(C)NS(=O)(=O)c1cccc(-c2nc(NCc3ccccn3)c3c(-c4ccccc4)cccc3n2)c1. The molecule has 192 valence electrons. The van der Waals surface area contributed by atoms with E-state index in [2.05, 4.69) is 33.2 Å². The van der Waals surface area contributed by atoms with Crippen LogP contribution in [0.3, 0.4) is 0 Å². The Balaban J connectivity index is 1.64. The highest BCUT2D eigenvalue weighted by Gasteiger charge is 2.23. The molecule has 0 unspecified atom stereocenters.